The first-order valence-corrected chi connectivity index (χ1v) is 8.16. The number of benzene rings is 1. The number of carbonyl (C=O) groups is 1. The Balaban J connectivity index is 1.59. The van der Waals surface area contributed by atoms with Gasteiger partial charge in [0.2, 0.25) is 0 Å². The lowest BCUT2D eigenvalue weighted by Crippen LogP contribution is -2.40. The lowest BCUT2D eigenvalue weighted by molar-refractivity contribution is 0.194. The van der Waals surface area contributed by atoms with Gasteiger partial charge in [0.1, 0.15) is 11.6 Å². The third kappa shape index (κ3) is 3.64. The van der Waals surface area contributed by atoms with Crippen LogP contribution in [0.5, 0.6) is 5.75 Å². The number of anilines is 1. The van der Waals surface area contributed by atoms with E-state index in [0.29, 0.717) is 30.4 Å². The molecule has 1 fully saturated rings. The second kappa shape index (κ2) is 7.29. The molecule has 2 aromatic rings. The Kier molecular flexibility index (Phi) is 4.93. The number of ether oxygens (including phenoxy) is 1. The number of rotatable bonds is 3. The molecule has 126 valence electrons. The molecule has 2 amide bonds. The summed E-state index contributed by atoms with van der Waals surface area (Å²) >= 11 is 0. The van der Waals surface area contributed by atoms with Crippen LogP contribution in [-0.2, 0) is 0 Å². The molecule has 1 saturated heterocycles. The predicted molar refractivity (Wildman–Crippen MR) is 92.3 cm³/mol. The van der Waals surface area contributed by atoms with Crippen molar-refractivity contribution < 1.29 is 9.53 Å². The Morgan fingerprint density at radius 2 is 2.00 bits per heavy atom. The summed E-state index contributed by atoms with van der Waals surface area (Å²) < 4.78 is 5.27. The molecule has 1 N–H and O–H groups in total. The van der Waals surface area contributed by atoms with E-state index < -0.39 is 0 Å². The minimum atomic E-state index is -0.0863. The van der Waals surface area contributed by atoms with Crippen LogP contribution >= 0.6 is 0 Å². The van der Waals surface area contributed by atoms with Crippen molar-refractivity contribution in [2.24, 2.45) is 0 Å². The van der Waals surface area contributed by atoms with Gasteiger partial charge in [-0.2, -0.15) is 0 Å². The van der Waals surface area contributed by atoms with Gasteiger partial charge in [0.05, 0.1) is 12.8 Å². The molecule has 0 aliphatic carbocycles. The minimum absolute atomic E-state index is 0.0863. The highest BCUT2D eigenvalue weighted by Crippen LogP contribution is 2.28. The maximum absolute atomic E-state index is 12.5. The average Bonchev–Trinajstić information content (AvgIpc) is 2.62. The van der Waals surface area contributed by atoms with E-state index in [9.17, 15) is 4.79 Å². The number of likely N-dealkylation sites (tertiary alicyclic amines) is 1. The summed E-state index contributed by atoms with van der Waals surface area (Å²) in [5.41, 5.74) is 1.77. The van der Waals surface area contributed by atoms with Gasteiger partial charge in [-0.05, 0) is 38.0 Å². The van der Waals surface area contributed by atoms with Gasteiger partial charge in [0.15, 0.2) is 0 Å². The average molecular weight is 326 g/mol. The summed E-state index contributed by atoms with van der Waals surface area (Å²) in [6, 6.07) is 9.32. The van der Waals surface area contributed by atoms with Gasteiger partial charge in [-0.1, -0.05) is 12.1 Å². The summed E-state index contributed by atoms with van der Waals surface area (Å²) in [6.07, 6.45) is 3.63. The van der Waals surface area contributed by atoms with Crippen LogP contribution in [0.15, 0.2) is 36.5 Å². The van der Waals surface area contributed by atoms with Crippen LogP contribution in [0, 0.1) is 6.92 Å². The molecule has 0 atom stereocenters. The van der Waals surface area contributed by atoms with Gasteiger partial charge in [-0.25, -0.2) is 14.8 Å². The Morgan fingerprint density at radius 1 is 1.25 bits per heavy atom. The van der Waals surface area contributed by atoms with Crippen molar-refractivity contribution in [1.82, 2.24) is 14.9 Å². The molecular weight excluding hydrogens is 304 g/mol. The molecule has 24 heavy (non-hydrogen) atoms. The standard InChI is InChI=1S/C18H22N4O2/c1-13-19-10-7-15(20-13)14-8-11-22(12-9-14)18(23)21-16-5-3-4-6-17(16)24-2/h3-7,10,14H,8-9,11-12H2,1-2H3,(H,21,23). The fraction of sp³-hybridized carbons (Fsp3) is 0.389. The zero-order chi connectivity index (χ0) is 16.9. The van der Waals surface area contributed by atoms with Gasteiger partial charge < -0.3 is 15.0 Å². The largest absolute Gasteiger partial charge is 0.495 e. The van der Waals surface area contributed by atoms with Crippen LogP contribution in [0.4, 0.5) is 10.5 Å². The van der Waals surface area contributed by atoms with Crippen molar-refractivity contribution in [3.8, 4) is 5.75 Å². The molecule has 1 aromatic carbocycles. The van der Waals surface area contributed by atoms with E-state index in [1.807, 2.05) is 42.2 Å². The monoisotopic (exact) mass is 326 g/mol. The third-order valence-corrected chi connectivity index (χ3v) is 4.35. The summed E-state index contributed by atoms with van der Waals surface area (Å²) in [6.45, 7) is 3.34. The van der Waals surface area contributed by atoms with Crippen molar-refractivity contribution in [2.45, 2.75) is 25.7 Å². The smallest absolute Gasteiger partial charge is 0.321 e. The summed E-state index contributed by atoms with van der Waals surface area (Å²) in [5.74, 6) is 1.85. The fourth-order valence-electron chi connectivity index (χ4n) is 3.02. The second-order valence-electron chi connectivity index (χ2n) is 5.92. The molecule has 0 unspecified atom stereocenters. The lowest BCUT2D eigenvalue weighted by atomic mass is 9.93. The number of nitrogens with zero attached hydrogens (tertiary/aromatic N) is 3. The topological polar surface area (TPSA) is 67.3 Å². The van der Waals surface area contributed by atoms with Gasteiger partial charge in [-0.15, -0.1) is 0 Å². The number of amides is 2. The van der Waals surface area contributed by atoms with E-state index in [4.69, 9.17) is 4.74 Å². The van der Waals surface area contributed by atoms with E-state index in [1.165, 1.54) is 0 Å². The number of methoxy groups -OCH3 is 1. The molecule has 0 spiro atoms. The molecular formula is C18H22N4O2. The number of hydrogen-bond acceptors (Lipinski definition) is 4. The van der Waals surface area contributed by atoms with Crippen molar-refractivity contribution >= 4 is 11.7 Å². The third-order valence-electron chi connectivity index (χ3n) is 4.35. The van der Waals surface area contributed by atoms with E-state index in [0.717, 1.165) is 24.4 Å². The lowest BCUT2D eigenvalue weighted by Gasteiger charge is -2.31. The van der Waals surface area contributed by atoms with E-state index in [1.54, 1.807) is 13.3 Å². The van der Waals surface area contributed by atoms with E-state index >= 15 is 0 Å². The van der Waals surface area contributed by atoms with Crippen LogP contribution in [-0.4, -0.2) is 41.1 Å². The van der Waals surface area contributed by atoms with Crippen molar-refractivity contribution in [2.75, 3.05) is 25.5 Å². The number of piperidine rings is 1. The second-order valence-corrected chi connectivity index (χ2v) is 5.92. The fourth-order valence-corrected chi connectivity index (χ4v) is 3.02. The highest BCUT2D eigenvalue weighted by Gasteiger charge is 2.25. The summed E-state index contributed by atoms with van der Waals surface area (Å²) in [5, 5.41) is 2.93. The molecule has 0 bridgehead atoms. The summed E-state index contributed by atoms with van der Waals surface area (Å²) in [7, 11) is 1.60. The maximum atomic E-state index is 12.5. The molecule has 2 heterocycles. The molecule has 0 radical (unpaired) electrons. The number of aryl methyl sites for hydroxylation is 1. The molecule has 0 saturated carbocycles. The first-order chi connectivity index (χ1) is 11.7. The number of urea groups is 1. The number of para-hydroxylation sites is 2. The zero-order valence-corrected chi connectivity index (χ0v) is 14.0. The SMILES string of the molecule is COc1ccccc1NC(=O)N1CCC(c2ccnc(C)n2)CC1. The highest BCUT2D eigenvalue weighted by molar-refractivity contribution is 5.91. The van der Waals surface area contributed by atoms with Crippen LogP contribution in [0.25, 0.3) is 0 Å². The normalized spacial score (nSPS) is 15.2. The van der Waals surface area contributed by atoms with Gasteiger partial charge in [0, 0.05) is 30.9 Å². The van der Waals surface area contributed by atoms with Crippen LogP contribution in [0.1, 0.15) is 30.3 Å². The predicted octanol–water partition coefficient (Wildman–Crippen LogP) is 3.21. The zero-order valence-electron chi connectivity index (χ0n) is 14.0. The van der Waals surface area contributed by atoms with Crippen molar-refractivity contribution in [1.29, 1.82) is 0 Å². The summed E-state index contributed by atoms with van der Waals surface area (Å²) in [4.78, 5) is 23.0. The van der Waals surface area contributed by atoms with Crippen LogP contribution in [0.3, 0.4) is 0 Å². The quantitative estimate of drug-likeness (QED) is 0.940. The maximum Gasteiger partial charge on any atom is 0.321 e. The minimum Gasteiger partial charge on any atom is -0.495 e. The molecule has 3 rings (SSSR count). The Bertz CT molecular complexity index is 712. The van der Waals surface area contributed by atoms with Gasteiger partial charge in [-0.3, -0.25) is 0 Å². The molecule has 6 nitrogen and oxygen atoms in total. The van der Waals surface area contributed by atoms with Crippen LogP contribution in [0.2, 0.25) is 0 Å². The van der Waals surface area contributed by atoms with Crippen LogP contribution < -0.4 is 10.1 Å². The Hall–Kier alpha value is -2.63. The highest BCUT2D eigenvalue weighted by atomic mass is 16.5. The van der Waals surface area contributed by atoms with Crippen molar-refractivity contribution in [3.63, 3.8) is 0 Å². The number of hydrogen-bond donors (Lipinski definition) is 1. The molecule has 1 aliphatic heterocycles. The van der Waals surface area contributed by atoms with E-state index in [2.05, 4.69) is 15.3 Å². The number of nitrogens with one attached hydrogen (secondary N) is 1. The van der Waals surface area contributed by atoms with Gasteiger partial charge in [0.25, 0.3) is 0 Å². The Morgan fingerprint density at radius 3 is 2.71 bits per heavy atom. The Labute approximate surface area is 141 Å². The first-order valence-electron chi connectivity index (χ1n) is 8.16. The number of aromatic nitrogens is 2. The van der Waals surface area contributed by atoms with Crippen molar-refractivity contribution in [3.05, 3.63) is 48.0 Å². The number of carbonyl (C=O) groups excluding carboxylic acids is 1. The first kappa shape index (κ1) is 16.2. The molecule has 1 aromatic heterocycles. The van der Waals surface area contributed by atoms with Gasteiger partial charge >= 0.3 is 6.03 Å². The molecule has 1 aliphatic rings. The molecule has 6 heteroatoms. The van der Waals surface area contributed by atoms with E-state index in [-0.39, 0.29) is 6.03 Å².